The van der Waals surface area contributed by atoms with Crippen LogP contribution in [0.15, 0.2) is 48.5 Å². The zero-order chi connectivity index (χ0) is 24.4. The number of nitrogens with one attached hydrogen (secondary N) is 2. The average Bonchev–Trinajstić information content (AvgIpc) is 3.28. The van der Waals surface area contributed by atoms with Gasteiger partial charge in [-0.25, -0.2) is 14.2 Å². The molecule has 1 atom stereocenters. The van der Waals surface area contributed by atoms with E-state index >= 15 is 4.39 Å². The average molecular weight is 558 g/mol. The molecule has 5 rings (SSSR count). The molecule has 1 aliphatic heterocycles. The van der Waals surface area contributed by atoms with Crippen molar-refractivity contribution in [2.45, 2.75) is 5.72 Å². The van der Waals surface area contributed by atoms with Gasteiger partial charge in [0, 0.05) is 16.1 Å². The van der Waals surface area contributed by atoms with Crippen molar-refractivity contribution in [2.24, 2.45) is 0 Å². The molecule has 1 aliphatic rings. The zero-order valence-electron chi connectivity index (χ0n) is 17.1. The van der Waals surface area contributed by atoms with Gasteiger partial charge in [-0.1, -0.05) is 46.9 Å². The van der Waals surface area contributed by atoms with Crippen LogP contribution in [0.4, 0.5) is 20.8 Å². The van der Waals surface area contributed by atoms with E-state index in [-0.39, 0.29) is 55.8 Å². The molecule has 0 saturated heterocycles. The first-order chi connectivity index (χ1) is 16.1. The number of aromatic nitrogens is 2. The van der Waals surface area contributed by atoms with Crippen molar-refractivity contribution in [3.8, 4) is 0 Å². The maximum atomic E-state index is 15.1. The van der Waals surface area contributed by atoms with E-state index in [9.17, 15) is 14.7 Å². The molecule has 13 heteroatoms. The Morgan fingerprint density at radius 3 is 2.51 bits per heavy atom. The van der Waals surface area contributed by atoms with E-state index in [1.54, 1.807) is 0 Å². The van der Waals surface area contributed by atoms with Gasteiger partial charge in [-0.3, -0.25) is 15.0 Å². The predicted octanol–water partition coefficient (Wildman–Crippen LogP) is 6.03. The van der Waals surface area contributed by atoms with Crippen molar-refractivity contribution in [2.75, 3.05) is 10.2 Å². The number of amides is 2. The smallest absolute Gasteiger partial charge is 0.411 e. The summed E-state index contributed by atoms with van der Waals surface area (Å²) in [4.78, 5) is 32.2. The lowest BCUT2D eigenvalue weighted by Crippen LogP contribution is -2.45. The number of carbonyl (C=O) groups excluding carboxylic acids is 1. The Morgan fingerprint density at radius 1 is 1.09 bits per heavy atom. The SMILES string of the molecule is Cl.O=C(O)Nc1nc2ccc(C3(O)c4c(Cl)ccc(Cl)c4C(=O)N3c3cccc(Cl)c3F)cc2[nH]1. The molecule has 35 heavy (non-hydrogen) atoms. The second kappa shape index (κ2) is 8.85. The number of nitrogens with zero attached hydrogens (tertiary/aromatic N) is 2. The van der Waals surface area contributed by atoms with Crippen LogP contribution in [0.3, 0.4) is 0 Å². The number of aliphatic hydroxyl groups is 1. The molecule has 0 aliphatic carbocycles. The van der Waals surface area contributed by atoms with Crippen LogP contribution >= 0.6 is 47.2 Å². The topological polar surface area (TPSA) is 119 Å². The number of halogens is 5. The highest BCUT2D eigenvalue weighted by atomic mass is 35.5. The minimum Gasteiger partial charge on any atom is -0.465 e. The fourth-order valence-corrected chi connectivity index (χ4v) is 4.78. The predicted molar refractivity (Wildman–Crippen MR) is 133 cm³/mol. The molecule has 0 bridgehead atoms. The van der Waals surface area contributed by atoms with Crippen molar-refractivity contribution in [3.63, 3.8) is 0 Å². The maximum absolute atomic E-state index is 15.1. The van der Waals surface area contributed by atoms with E-state index < -0.39 is 23.5 Å². The molecule has 4 N–H and O–H groups in total. The third kappa shape index (κ3) is 3.76. The molecule has 8 nitrogen and oxygen atoms in total. The third-order valence-electron chi connectivity index (χ3n) is 5.47. The van der Waals surface area contributed by atoms with Gasteiger partial charge in [0.15, 0.2) is 5.82 Å². The van der Waals surface area contributed by atoms with Gasteiger partial charge in [0.05, 0.1) is 32.3 Å². The normalized spacial score (nSPS) is 16.8. The molecule has 0 spiro atoms. The van der Waals surface area contributed by atoms with Gasteiger partial charge in [0.1, 0.15) is 0 Å². The van der Waals surface area contributed by atoms with E-state index in [0.717, 1.165) is 4.90 Å². The lowest BCUT2D eigenvalue weighted by atomic mass is 9.93. The zero-order valence-corrected chi connectivity index (χ0v) is 20.2. The van der Waals surface area contributed by atoms with Crippen molar-refractivity contribution in [1.29, 1.82) is 0 Å². The summed E-state index contributed by atoms with van der Waals surface area (Å²) in [7, 11) is 0. The number of carbonyl (C=O) groups is 2. The van der Waals surface area contributed by atoms with Crippen LogP contribution < -0.4 is 10.2 Å². The number of benzene rings is 3. The van der Waals surface area contributed by atoms with Gasteiger partial charge in [-0.05, 0) is 36.4 Å². The van der Waals surface area contributed by atoms with Crippen LogP contribution in [0.25, 0.3) is 11.0 Å². The highest BCUT2D eigenvalue weighted by Crippen LogP contribution is 2.50. The number of H-pyrrole nitrogens is 1. The van der Waals surface area contributed by atoms with E-state index in [0.29, 0.717) is 11.0 Å². The van der Waals surface area contributed by atoms with Crippen molar-refractivity contribution >= 4 is 81.9 Å². The lowest BCUT2D eigenvalue weighted by molar-refractivity contribution is 0.0699. The Labute approximate surface area is 217 Å². The van der Waals surface area contributed by atoms with Crippen molar-refractivity contribution < 1.29 is 24.2 Å². The molecular weight excluding hydrogens is 545 g/mol. The number of imidazole rings is 1. The summed E-state index contributed by atoms with van der Waals surface area (Å²) in [6.45, 7) is 0. The minimum atomic E-state index is -2.29. The molecule has 180 valence electrons. The number of hydrogen-bond acceptors (Lipinski definition) is 4. The first kappa shape index (κ1) is 25.0. The molecule has 0 radical (unpaired) electrons. The monoisotopic (exact) mass is 556 g/mol. The van der Waals surface area contributed by atoms with E-state index in [1.807, 2.05) is 0 Å². The highest BCUT2D eigenvalue weighted by molar-refractivity contribution is 6.38. The van der Waals surface area contributed by atoms with Crippen LogP contribution in [0.2, 0.25) is 15.1 Å². The van der Waals surface area contributed by atoms with Gasteiger partial charge in [0.25, 0.3) is 5.91 Å². The van der Waals surface area contributed by atoms with E-state index in [1.165, 1.54) is 48.5 Å². The van der Waals surface area contributed by atoms with E-state index in [2.05, 4.69) is 15.3 Å². The Morgan fingerprint density at radius 2 is 1.80 bits per heavy atom. The first-order valence-corrected chi connectivity index (χ1v) is 10.8. The van der Waals surface area contributed by atoms with Gasteiger partial charge in [-0.15, -0.1) is 12.4 Å². The molecule has 2 amide bonds. The van der Waals surface area contributed by atoms with Crippen LogP contribution in [-0.2, 0) is 5.72 Å². The molecule has 0 fully saturated rings. The summed E-state index contributed by atoms with van der Waals surface area (Å²) in [6, 6.07) is 11.3. The number of anilines is 2. The summed E-state index contributed by atoms with van der Waals surface area (Å²) in [5, 5.41) is 23.0. The largest absolute Gasteiger partial charge is 0.465 e. The third-order valence-corrected chi connectivity index (χ3v) is 6.40. The fourth-order valence-electron chi connectivity index (χ4n) is 4.08. The van der Waals surface area contributed by atoms with Gasteiger partial charge in [0.2, 0.25) is 11.7 Å². The number of hydrogen-bond donors (Lipinski definition) is 4. The molecule has 2 heterocycles. The molecule has 0 saturated carbocycles. The van der Waals surface area contributed by atoms with Gasteiger partial charge >= 0.3 is 6.09 Å². The van der Waals surface area contributed by atoms with Crippen LogP contribution in [0.5, 0.6) is 0 Å². The van der Waals surface area contributed by atoms with Crippen LogP contribution in [-0.4, -0.2) is 32.2 Å². The number of fused-ring (bicyclic) bond motifs is 2. The van der Waals surface area contributed by atoms with Crippen molar-refractivity contribution in [3.05, 3.63) is 86.1 Å². The van der Waals surface area contributed by atoms with Gasteiger partial charge < -0.3 is 15.2 Å². The number of aromatic amines is 1. The van der Waals surface area contributed by atoms with E-state index in [4.69, 9.17) is 39.9 Å². The minimum absolute atomic E-state index is 0. The molecule has 3 aromatic carbocycles. The summed E-state index contributed by atoms with van der Waals surface area (Å²) in [6.07, 6.45) is -1.32. The van der Waals surface area contributed by atoms with Crippen molar-refractivity contribution in [1.82, 2.24) is 9.97 Å². The second-order valence-electron chi connectivity index (χ2n) is 7.41. The standard InChI is InChI=1S/C22H12Cl3FN4O4.ClH/c23-10-5-6-11(24)17-16(10)19(31)30(15-3-1-2-12(25)18(15)26)22(17,34)9-4-7-13-14(8-9)28-20(27-13)29-21(32)33;/h1-8,34H,(H,32,33)(H2,27,28,29);1H. The van der Waals surface area contributed by atoms with Gasteiger partial charge in [-0.2, -0.15) is 0 Å². The first-order valence-electron chi connectivity index (χ1n) is 9.62. The Balaban J connectivity index is 0.00000289. The Bertz CT molecular complexity index is 1530. The molecular formula is C22H13Cl4FN4O4. The molecule has 1 aromatic heterocycles. The molecule has 4 aromatic rings. The fraction of sp³-hybridized carbons (Fsp3) is 0.0455. The Hall–Kier alpha value is -3.08. The maximum Gasteiger partial charge on any atom is 0.411 e. The quantitative estimate of drug-likeness (QED) is 0.245. The number of rotatable bonds is 3. The Kier molecular flexibility index (Phi) is 6.33. The number of carboxylic acid groups (broad SMARTS) is 1. The summed E-state index contributed by atoms with van der Waals surface area (Å²) >= 11 is 18.7. The summed E-state index contributed by atoms with van der Waals surface area (Å²) in [5.41, 5.74) is -1.89. The summed E-state index contributed by atoms with van der Waals surface area (Å²) in [5.74, 6) is -1.76. The molecule has 1 unspecified atom stereocenters. The summed E-state index contributed by atoms with van der Waals surface area (Å²) < 4.78 is 15.1. The highest BCUT2D eigenvalue weighted by Gasteiger charge is 2.54. The second-order valence-corrected chi connectivity index (χ2v) is 8.63. The lowest BCUT2D eigenvalue weighted by Gasteiger charge is -2.35. The van der Waals surface area contributed by atoms with Crippen LogP contribution in [0.1, 0.15) is 21.5 Å². The van der Waals surface area contributed by atoms with Crippen LogP contribution in [0, 0.1) is 5.82 Å².